The van der Waals surface area contributed by atoms with Crippen LogP contribution in [0.1, 0.15) is 26.2 Å². The summed E-state index contributed by atoms with van der Waals surface area (Å²) in [4.78, 5) is 15.5. The molecule has 1 saturated heterocycles. The molecule has 1 aliphatic heterocycles. The molecule has 0 amide bonds. The molecular weight excluding hydrogens is 308 g/mol. The third-order valence-corrected chi connectivity index (χ3v) is 5.86. The normalized spacial score (nSPS) is 19.3. The number of ether oxygens (including phenoxy) is 1. The van der Waals surface area contributed by atoms with Gasteiger partial charge in [-0.2, -0.15) is 0 Å². The molecule has 0 aromatic heterocycles. The second-order valence-electron chi connectivity index (χ2n) is 6.57. The average molecular weight is 337 g/mol. The van der Waals surface area contributed by atoms with Crippen LogP contribution in [0.5, 0.6) is 0 Å². The van der Waals surface area contributed by atoms with E-state index < -0.39 is 0 Å². The van der Waals surface area contributed by atoms with Gasteiger partial charge in [-0.05, 0) is 58.0 Å². The zero-order chi connectivity index (χ0) is 16.7. The first-order chi connectivity index (χ1) is 11.0. The molecule has 2 N–H and O–H groups in total. The van der Waals surface area contributed by atoms with Crippen molar-refractivity contribution < 1.29 is 9.53 Å². The van der Waals surface area contributed by atoms with E-state index in [1.165, 1.54) is 12.0 Å². The van der Waals surface area contributed by atoms with Crippen molar-refractivity contribution in [3.05, 3.63) is 30.3 Å². The van der Waals surface area contributed by atoms with Crippen molar-refractivity contribution in [2.45, 2.75) is 37.1 Å². The second kappa shape index (κ2) is 8.71. The van der Waals surface area contributed by atoms with Crippen LogP contribution in [-0.2, 0) is 9.53 Å². The van der Waals surface area contributed by atoms with E-state index in [9.17, 15) is 4.79 Å². The molecule has 0 aliphatic carbocycles. The summed E-state index contributed by atoms with van der Waals surface area (Å²) in [5.74, 6) is 0.866. The number of methoxy groups -OCH3 is 1. The molecule has 5 heteroatoms. The number of piperidine rings is 1. The Hall–Kier alpha value is -1.04. The van der Waals surface area contributed by atoms with E-state index in [0.29, 0.717) is 0 Å². The van der Waals surface area contributed by atoms with Crippen molar-refractivity contribution in [2.75, 3.05) is 32.5 Å². The minimum atomic E-state index is -0.309. The Morgan fingerprint density at radius 2 is 2.00 bits per heavy atom. The summed E-state index contributed by atoms with van der Waals surface area (Å²) in [7, 11) is 1.48. The average Bonchev–Trinajstić information content (AvgIpc) is 2.59. The van der Waals surface area contributed by atoms with Gasteiger partial charge in [0, 0.05) is 16.7 Å². The topological polar surface area (TPSA) is 55.6 Å². The smallest absolute Gasteiger partial charge is 0.311 e. The molecule has 128 valence electrons. The fourth-order valence-corrected chi connectivity index (χ4v) is 3.80. The summed E-state index contributed by atoms with van der Waals surface area (Å²) in [5.41, 5.74) is 5.93. The summed E-state index contributed by atoms with van der Waals surface area (Å²) in [6.07, 6.45) is 2.73. The number of carbonyl (C=O) groups excluding carboxylic acids is 1. The Morgan fingerprint density at radius 1 is 1.35 bits per heavy atom. The van der Waals surface area contributed by atoms with Crippen LogP contribution < -0.4 is 5.73 Å². The number of thioether (sulfide) groups is 1. The van der Waals surface area contributed by atoms with Crippen molar-refractivity contribution in [3.8, 4) is 0 Å². The quantitative estimate of drug-likeness (QED) is 0.613. The number of nitrogens with two attached hydrogens (primary N) is 1. The van der Waals surface area contributed by atoms with E-state index in [4.69, 9.17) is 10.5 Å². The SMILES string of the molecule is COC(=O)C1(C)CCN(CCC(N)CSc2ccccc2)CC1. The molecule has 1 aromatic carbocycles. The molecule has 1 heterocycles. The maximum Gasteiger partial charge on any atom is 0.311 e. The van der Waals surface area contributed by atoms with Gasteiger partial charge in [0.05, 0.1) is 12.5 Å². The number of hydrogen-bond donors (Lipinski definition) is 1. The monoisotopic (exact) mass is 336 g/mol. The predicted molar refractivity (Wildman–Crippen MR) is 95.6 cm³/mol. The van der Waals surface area contributed by atoms with E-state index >= 15 is 0 Å². The Bertz CT molecular complexity index is 487. The second-order valence-corrected chi connectivity index (χ2v) is 7.66. The van der Waals surface area contributed by atoms with Gasteiger partial charge in [0.25, 0.3) is 0 Å². The molecule has 1 aliphatic rings. The molecular formula is C18H28N2O2S. The molecule has 1 atom stereocenters. The van der Waals surface area contributed by atoms with Gasteiger partial charge < -0.3 is 15.4 Å². The summed E-state index contributed by atoms with van der Waals surface area (Å²) >= 11 is 1.82. The van der Waals surface area contributed by atoms with Crippen molar-refractivity contribution in [1.29, 1.82) is 0 Å². The number of carbonyl (C=O) groups is 1. The predicted octanol–water partition coefficient (Wildman–Crippen LogP) is 2.77. The fraction of sp³-hybridized carbons (Fsp3) is 0.611. The Morgan fingerprint density at radius 3 is 2.61 bits per heavy atom. The molecule has 0 spiro atoms. The Labute approximate surface area is 143 Å². The molecule has 1 fully saturated rings. The maximum absolute atomic E-state index is 11.8. The molecule has 0 bridgehead atoms. The van der Waals surface area contributed by atoms with Gasteiger partial charge >= 0.3 is 5.97 Å². The highest BCUT2D eigenvalue weighted by atomic mass is 32.2. The molecule has 1 aromatic rings. The maximum atomic E-state index is 11.8. The first-order valence-corrected chi connectivity index (χ1v) is 9.26. The summed E-state index contributed by atoms with van der Waals surface area (Å²) in [6, 6.07) is 10.6. The lowest BCUT2D eigenvalue weighted by Crippen LogP contribution is -2.44. The fourth-order valence-electron chi connectivity index (χ4n) is 2.87. The third kappa shape index (κ3) is 5.52. The molecule has 2 rings (SSSR count). The van der Waals surface area contributed by atoms with E-state index in [1.54, 1.807) is 0 Å². The van der Waals surface area contributed by atoms with Gasteiger partial charge in [0.2, 0.25) is 0 Å². The van der Waals surface area contributed by atoms with Crippen LogP contribution in [0.3, 0.4) is 0 Å². The van der Waals surface area contributed by atoms with Crippen molar-refractivity contribution in [3.63, 3.8) is 0 Å². The number of likely N-dealkylation sites (tertiary alicyclic amines) is 1. The first-order valence-electron chi connectivity index (χ1n) is 8.28. The van der Waals surface area contributed by atoms with Crippen LogP contribution in [-0.4, -0.2) is 49.4 Å². The van der Waals surface area contributed by atoms with Gasteiger partial charge in [0.1, 0.15) is 0 Å². The van der Waals surface area contributed by atoms with Crippen molar-refractivity contribution >= 4 is 17.7 Å². The van der Waals surface area contributed by atoms with E-state index in [0.717, 1.165) is 44.6 Å². The summed E-state index contributed by atoms with van der Waals surface area (Å²) in [6.45, 7) is 4.92. The van der Waals surface area contributed by atoms with Crippen LogP contribution >= 0.6 is 11.8 Å². The lowest BCUT2D eigenvalue weighted by atomic mass is 9.80. The minimum Gasteiger partial charge on any atom is -0.469 e. The van der Waals surface area contributed by atoms with Gasteiger partial charge in [-0.15, -0.1) is 11.8 Å². The third-order valence-electron chi connectivity index (χ3n) is 4.66. The first kappa shape index (κ1) is 18.3. The van der Waals surface area contributed by atoms with Gasteiger partial charge in [-0.3, -0.25) is 4.79 Å². The Balaban J connectivity index is 1.66. The van der Waals surface area contributed by atoms with E-state index in [1.807, 2.05) is 24.8 Å². The minimum absolute atomic E-state index is 0.0758. The highest BCUT2D eigenvalue weighted by Crippen LogP contribution is 2.32. The number of rotatable bonds is 7. The summed E-state index contributed by atoms with van der Waals surface area (Å²) in [5, 5.41) is 0. The zero-order valence-corrected chi connectivity index (χ0v) is 15.0. The molecule has 4 nitrogen and oxygen atoms in total. The van der Waals surface area contributed by atoms with Crippen molar-refractivity contribution in [1.82, 2.24) is 4.90 Å². The highest BCUT2D eigenvalue weighted by Gasteiger charge is 2.37. The Kier molecular flexibility index (Phi) is 6.93. The number of hydrogen-bond acceptors (Lipinski definition) is 5. The standard InChI is InChI=1S/C18H28N2O2S/c1-18(17(21)22-2)9-12-20(13-10-18)11-8-15(19)14-23-16-6-4-3-5-7-16/h3-7,15H,8-14,19H2,1-2H3. The molecule has 0 radical (unpaired) electrons. The van der Waals surface area contributed by atoms with Crippen LogP contribution in [0.2, 0.25) is 0 Å². The lowest BCUT2D eigenvalue weighted by Gasteiger charge is -2.37. The highest BCUT2D eigenvalue weighted by molar-refractivity contribution is 7.99. The van der Waals surface area contributed by atoms with E-state index in [2.05, 4.69) is 29.2 Å². The van der Waals surface area contributed by atoms with Gasteiger partial charge in [-0.1, -0.05) is 18.2 Å². The van der Waals surface area contributed by atoms with Crippen molar-refractivity contribution in [2.24, 2.45) is 11.1 Å². The van der Waals surface area contributed by atoms with Crippen LogP contribution in [0.4, 0.5) is 0 Å². The largest absolute Gasteiger partial charge is 0.469 e. The van der Waals surface area contributed by atoms with Crippen LogP contribution in [0.15, 0.2) is 35.2 Å². The molecule has 23 heavy (non-hydrogen) atoms. The van der Waals surface area contributed by atoms with Crippen LogP contribution in [0.25, 0.3) is 0 Å². The number of benzene rings is 1. The van der Waals surface area contributed by atoms with Gasteiger partial charge in [-0.25, -0.2) is 0 Å². The lowest BCUT2D eigenvalue weighted by molar-refractivity contribution is -0.154. The van der Waals surface area contributed by atoms with Crippen LogP contribution in [0, 0.1) is 5.41 Å². The summed E-state index contributed by atoms with van der Waals surface area (Å²) < 4.78 is 4.92. The zero-order valence-electron chi connectivity index (χ0n) is 14.2. The number of nitrogens with zero attached hydrogens (tertiary/aromatic N) is 1. The number of esters is 1. The molecule has 1 unspecified atom stereocenters. The molecule has 0 saturated carbocycles. The van der Waals surface area contributed by atoms with Gasteiger partial charge in [0.15, 0.2) is 0 Å². The van der Waals surface area contributed by atoms with E-state index in [-0.39, 0.29) is 17.4 Å².